The van der Waals surface area contributed by atoms with E-state index in [0.29, 0.717) is 37.2 Å². The van der Waals surface area contributed by atoms with E-state index in [1.54, 1.807) is 25.0 Å². The van der Waals surface area contributed by atoms with E-state index in [0.717, 1.165) is 5.56 Å². The fraction of sp³-hybridized carbons (Fsp3) is 0.500. The fourth-order valence-corrected chi connectivity index (χ4v) is 2.58. The Morgan fingerprint density at radius 3 is 2.43 bits per heavy atom. The summed E-state index contributed by atoms with van der Waals surface area (Å²) in [5, 5.41) is 9.23. The molecule has 0 saturated carbocycles. The van der Waals surface area contributed by atoms with E-state index in [4.69, 9.17) is 4.74 Å². The third kappa shape index (κ3) is 3.01. The van der Waals surface area contributed by atoms with Gasteiger partial charge in [-0.25, -0.2) is 0 Å². The van der Waals surface area contributed by atoms with E-state index in [9.17, 15) is 14.7 Å². The van der Waals surface area contributed by atoms with Crippen LogP contribution in [0.4, 0.5) is 0 Å². The normalized spacial score (nSPS) is 17.4. The second-order valence-electron chi connectivity index (χ2n) is 5.86. The number of aliphatic carboxylic acids is 1. The van der Waals surface area contributed by atoms with E-state index in [2.05, 4.69) is 0 Å². The molecule has 0 radical (unpaired) electrons. The first-order valence-electron chi connectivity index (χ1n) is 7.05. The summed E-state index contributed by atoms with van der Waals surface area (Å²) >= 11 is 0. The zero-order chi connectivity index (χ0) is 15.6. The molecule has 0 atom stereocenters. The van der Waals surface area contributed by atoms with Crippen LogP contribution < -0.4 is 4.74 Å². The molecule has 21 heavy (non-hydrogen) atoms. The van der Waals surface area contributed by atoms with Crippen LogP contribution in [0.15, 0.2) is 18.2 Å². The van der Waals surface area contributed by atoms with Crippen molar-refractivity contribution in [2.45, 2.75) is 26.7 Å². The highest BCUT2D eigenvalue weighted by Crippen LogP contribution is 2.32. The number of benzene rings is 1. The number of hydrogen-bond donors (Lipinski definition) is 1. The first-order chi connectivity index (χ1) is 9.87. The molecule has 0 aromatic heterocycles. The van der Waals surface area contributed by atoms with Crippen molar-refractivity contribution >= 4 is 11.9 Å². The monoisotopic (exact) mass is 291 g/mol. The number of carboxylic acids is 1. The van der Waals surface area contributed by atoms with Gasteiger partial charge in [-0.2, -0.15) is 0 Å². The summed E-state index contributed by atoms with van der Waals surface area (Å²) in [5.74, 6) is -0.331. The number of carbonyl (C=O) groups is 2. The summed E-state index contributed by atoms with van der Waals surface area (Å²) in [6.45, 7) is 4.58. The van der Waals surface area contributed by atoms with Crippen LogP contribution in [0.2, 0.25) is 0 Å². The Morgan fingerprint density at radius 2 is 1.90 bits per heavy atom. The summed E-state index contributed by atoms with van der Waals surface area (Å²) in [5.41, 5.74) is 0.802. The highest BCUT2D eigenvalue weighted by molar-refractivity contribution is 5.97. The minimum Gasteiger partial charge on any atom is -0.496 e. The van der Waals surface area contributed by atoms with Gasteiger partial charge in [-0.15, -0.1) is 0 Å². The van der Waals surface area contributed by atoms with Crippen molar-refractivity contribution in [1.82, 2.24) is 4.90 Å². The number of aryl methyl sites for hydroxylation is 1. The number of carboxylic acid groups (broad SMARTS) is 1. The number of hydrogen-bond acceptors (Lipinski definition) is 3. The van der Waals surface area contributed by atoms with Crippen molar-refractivity contribution in [3.05, 3.63) is 29.3 Å². The second kappa shape index (κ2) is 5.76. The maximum absolute atomic E-state index is 12.6. The van der Waals surface area contributed by atoms with Crippen LogP contribution in [-0.4, -0.2) is 42.1 Å². The van der Waals surface area contributed by atoms with Gasteiger partial charge < -0.3 is 14.7 Å². The third-order valence-corrected chi connectivity index (χ3v) is 4.26. The smallest absolute Gasteiger partial charge is 0.309 e. The molecule has 1 aliphatic heterocycles. The van der Waals surface area contributed by atoms with E-state index in [1.165, 1.54) is 0 Å². The van der Waals surface area contributed by atoms with Crippen LogP contribution in [0.3, 0.4) is 0 Å². The third-order valence-electron chi connectivity index (χ3n) is 4.26. The minimum atomic E-state index is -0.789. The van der Waals surface area contributed by atoms with Crippen LogP contribution in [0.25, 0.3) is 0 Å². The Morgan fingerprint density at radius 1 is 1.29 bits per heavy atom. The Kier molecular flexibility index (Phi) is 4.21. The van der Waals surface area contributed by atoms with Gasteiger partial charge in [0.15, 0.2) is 0 Å². The number of piperidine rings is 1. The summed E-state index contributed by atoms with van der Waals surface area (Å²) in [6, 6.07) is 5.49. The molecule has 114 valence electrons. The second-order valence-corrected chi connectivity index (χ2v) is 5.86. The molecule has 1 aromatic carbocycles. The van der Waals surface area contributed by atoms with Crippen molar-refractivity contribution < 1.29 is 19.4 Å². The molecular weight excluding hydrogens is 270 g/mol. The predicted octanol–water partition coefficient (Wildman–Crippen LogP) is 2.33. The molecular formula is C16H21NO4. The average molecular weight is 291 g/mol. The molecule has 1 fully saturated rings. The number of likely N-dealkylation sites (tertiary alicyclic amines) is 1. The largest absolute Gasteiger partial charge is 0.496 e. The predicted molar refractivity (Wildman–Crippen MR) is 78.6 cm³/mol. The molecule has 1 N–H and O–H groups in total. The molecule has 2 rings (SSSR count). The van der Waals surface area contributed by atoms with Gasteiger partial charge in [0.1, 0.15) is 5.75 Å². The first-order valence-corrected chi connectivity index (χ1v) is 7.05. The Hall–Kier alpha value is -2.04. The van der Waals surface area contributed by atoms with Gasteiger partial charge in [0.05, 0.1) is 18.1 Å². The average Bonchev–Trinajstić information content (AvgIpc) is 2.47. The first kappa shape index (κ1) is 15.4. The van der Waals surface area contributed by atoms with Gasteiger partial charge >= 0.3 is 5.97 Å². The molecule has 0 unspecified atom stereocenters. The zero-order valence-corrected chi connectivity index (χ0v) is 12.7. The number of carbonyl (C=O) groups excluding carboxylic acids is 1. The van der Waals surface area contributed by atoms with Crippen molar-refractivity contribution in [1.29, 1.82) is 0 Å². The number of methoxy groups -OCH3 is 1. The van der Waals surface area contributed by atoms with Gasteiger partial charge in [0.2, 0.25) is 0 Å². The van der Waals surface area contributed by atoms with E-state index < -0.39 is 11.4 Å². The maximum Gasteiger partial charge on any atom is 0.309 e. The molecule has 1 heterocycles. The Labute approximate surface area is 124 Å². The Bertz CT molecular complexity index is 559. The van der Waals surface area contributed by atoms with E-state index in [-0.39, 0.29) is 5.91 Å². The summed E-state index contributed by atoms with van der Waals surface area (Å²) in [4.78, 5) is 25.6. The minimum absolute atomic E-state index is 0.0945. The van der Waals surface area contributed by atoms with E-state index >= 15 is 0 Å². The van der Waals surface area contributed by atoms with Gasteiger partial charge in [0, 0.05) is 13.1 Å². The van der Waals surface area contributed by atoms with Gasteiger partial charge in [-0.05, 0) is 38.8 Å². The van der Waals surface area contributed by atoms with E-state index in [1.807, 2.05) is 19.1 Å². The highest BCUT2D eigenvalue weighted by atomic mass is 16.5. The van der Waals surface area contributed by atoms with Crippen LogP contribution in [-0.2, 0) is 4.79 Å². The quantitative estimate of drug-likeness (QED) is 0.928. The van der Waals surface area contributed by atoms with Crippen molar-refractivity contribution in [3.8, 4) is 5.75 Å². The lowest BCUT2D eigenvalue weighted by molar-refractivity contribution is -0.150. The molecule has 5 heteroatoms. The topological polar surface area (TPSA) is 66.8 Å². The maximum atomic E-state index is 12.6. The van der Waals surface area contributed by atoms with Crippen LogP contribution in [0.1, 0.15) is 35.7 Å². The number of ether oxygens (including phenoxy) is 1. The summed E-state index contributed by atoms with van der Waals surface area (Å²) in [6.07, 6.45) is 0.949. The van der Waals surface area contributed by atoms with Gasteiger partial charge in [-0.1, -0.05) is 11.6 Å². The lowest BCUT2D eigenvalue weighted by Gasteiger charge is -2.36. The highest BCUT2D eigenvalue weighted by Gasteiger charge is 2.38. The summed E-state index contributed by atoms with van der Waals surface area (Å²) < 4.78 is 5.25. The van der Waals surface area contributed by atoms with Crippen molar-refractivity contribution in [2.75, 3.05) is 20.2 Å². The van der Waals surface area contributed by atoms with Crippen molar-refractivity contribution in [3.63, 3.8) is 0 Å². The lowest BCUT2D eigenvalue weighted by Crippen LogP contribution is -2.45. The molecule has 1 amide bonds. The van der Waals surface area contributed by atoms with Crippen LogP contribution in [0, 0.1) is 12.3 Å². The SMILES string of the molecule is COc1ccc(C)cc1C(=O)N1CCC(C)(C(=O)O)CC1. The van der Waals surface area contributed by atoms with Crippen LogP contribution in [0.5, 0.6) is 5.75 Å². The van der Waals surface area contributed by atoms with Gasteiger partial charge in [0.25, 0.3) is 5.91 Å². The molecule has 5 nitrogen and oxygen atoms in total. The number of nitrogens with zero attached hydrogens (tertiary/aromatic N) is 1. The van der Waals surface area contributed by atoms with Crippen molar-refractivity contribution in [2.24, 2.45) is 5.41 Å². The Balaban J connectivity index is 2.16. The van der Waals surface area contributed by atoms with Gasteiger partial charge in [-0.3, -0.25) is 9.59 Å². The zero-order valence-electron chi connectivity index (χ0n) is 12.7. The molecule has 0 aliphatic carbocycles. The molecule has 1 saturated heterocycles. The fourth-order valence-electron chi connectivity index (χ4n) is 2.58. The molecule has 0 spiro atoms. The molecule has 0 bridgehead atoms. The molecule has 1 aliphatic rings. The standard InChI is InChI=1S/C16H21NO4/c1-11-4-5-13(21-3)12(10-11)14(18)17-8-6-16(2,7-9-17)15(19)20/h4-5,10H,6-9H2,1-3H3,(H,19,20). The summed E-state index contributed by atoms with van der Waals surface area (Å²) in [7, 11) is 1.54. The van der Waals surface area contributed by atoms with Crippen LogP contribution >= 0.6 is 0 Å². The number of amides is 1. The lowest BCUT2D eigenvalue weighted by atomic mass is 9.80. The number of rotatable bonds is 3. The molecule has 1 aromatic rings.